The Hall–Kier alpha value is -1.75. The summed E-state index contributed by atoms with van der Waals surface area (Å²) < 4.78 is 5.49. The Morgan fingerprint density at radius 3 is 2.80 bits per heavy atom. The maximum absolute atomic E-state index is 5.49. The van der Waals surface area contributed by atoms with Gasteiger partial charge in [-0.3, -0.25) is 0 Å². The highest BCUT2D eigenvalue weighted by Crippen LogP contribution is 2.22. The zero-order valence-corrected chi connectivity index (χ0v) is 15.7. The van der Waals surface area contributed by atoms with E-state index in [0.717, 1.165) is 64.4 Å². The highest BCUT2D eigenvalue weighted by atomic mass is 16.5. The SMILES string of the molecule is CCNC(=NCc1ccccc1N1CCOCC1)N1CCCC(C)C1. The van der Waals surface area contributed by atoms with Crippen LogP contribution >= 0.6 is 0 Å². The van der Waals surface area contributed by atoms with Gasteiger partial charge in [0.15, 0.2) is 5.96 Å². The molecule has 0 bridgehead atoms. The number of hydrogen-bond donors (Lipinski definition) is 1. The molecular formula is C20H32N4O. The predicted molar refractivity (Wildman–Crippen MR) is 104 cm³/mol. The van der Waals surface area contributed by atoms with E-state index in [9.17, 15) is 0 Å². The molecule has 0 aromatic heterocycles. The lowest BCUT2D eigenvalue weighted by molar-refractivity contribution is 0.122. The summed E-state index contributed by atoms with van der Waals surface area (Å²) in [6.07, 6.45) is 2.59. The summed E-state index contributed by atoms with van der Waals surface area (Å²) in [6, 6.07) is 8.66. The third-order valence-electron chi connectivity index (χ3n) is 5.03. The molecule has 0 saturated carbocycles. The second-order valence-corrected chi connectivity index (χ2v) is 7.09. The van der Waals surface area contributed by atoms with E-state index in [-0.39, 0.29) is 0 Å². The number of rotatable bonds is 4. The molecule has 5 heteroatoms. The molecule has 2 saturated heterocycles. The maximum Gasteiger partial charge on any atom is 0.194 e. The van der Waals surface area contributed by atoms with Crippen molar-refractivity contribution in [1.82, 2.24) is 10.2 Å². The minimum Gasteiger partial charge on any atom is -0.378 e. The highest BCUT2D eigenvalue weighted by Gasteiger charge is 2.19. The molecule has 138 valence electrons. The number of aliphatic imine (C=N–C) groups is 1. The molecule has 5 nitrogen and oxygen atoms in total. The van der Waals surface area contributed by atoms with Gasteiger partial charge in [0.2, 0.25) is 0 Å². The first-order chi connectivity index (χ1) is 12.3. The van der Waals surface area contributed by atoms with Gasteiger partial charge in [0.05, 0.1) is 19.8 Å². The van der Waals surface area contributed by atoms with E-state index in [0.29, 0.717) is 0 Å². The molecular weight excluding hydrogens is 312 g/mol. The summed E-state index contributed by atoms with van der Waals surface area (Å²) in [7, 11) is 0. The molecule has 0 spiro atoms. The van der Waals surface area contributed by atoms with E-state index < -0.39 is 0 Å². The fraction of sp³-hybridized carbons (Fsp3) is 0.650. The Balaban J connectivity index is 1.74. The van der Waals surface area contributed by atoms with Gasteiger partial charge in [0.25, 0.3) is 0 Å². The molecule has 2 aliphatic rings. The van der Waals surface area contributed by atoms with E-state index in [1.165, 1.54) is 24.1 Å². The lowest BCUT2D eigenvalue weighted by Gasteiger charge is -2.34. The third kappa shape index (κ3) is 4.88. The number of guanidine groups is 1. The van der Waals surface area contributed by atoms with Crippen molar-refractivity contribution < 1.29 is 4.74 Å². The van der Waals surface area contributed by atoms with Crippen LogP contribution in [0.1, 0.15) is 32.3 Å². The number of morpholine rings is 1. The van der Waals surface area contributed by atoms with E-state index in [1.54, 1.807) is 0 Å². The number of nitrogens with zero attached hydrogens (tertiary/aromatic N) is 3. The second-order valence-electron chi connectivity index (χ2n) is 7.09. The molecule has 0 radical (unpaired) electrons. The van der Waals surface area contributed by atoms with Crippen molar-refractivity contribution in [1.29, 1.82) is 0 Å². The van der Waals surface area contributed by atoms with Gasteiger partial charge in [-0.25, -0.2) is 4.99 Å². The summed E-state index contributed by atoms with van der Waals surface area (Å²) in [5.74, 6) is 1.81. The van der Waals surface area contributed by atoms with E-state index in [2.05, 4.69) is 53.2 Å². The maximum atomic E-state index is 5.49. The van der Waals surface area contributed by atoms with Gasteiger partial charge in [-0.1, -0.05) is 25.1 Å². The van der Waals surface area contributed by atoms with Crippen LogP contribution in [0.3, 0.4) is 0 Å². The van der Waals surface area contributed by atoms with Crippen LogP contribution in [0.2, 0.25) is 0 Å². The smallest absolute Gasteiger partial charge is 0.194 e. The van der Waals surface area contributed by atoms with Crippen LogP contribution in [-0.4, -0.2) is 56.8 Å². The minimum atomic E-state index is 0.723. The monoisotopic (exact) mass is 344 g/mol. The molecule has 2 aliphatic heterocycles. The number of ether oxygens (including phenoxy) is 1. The molecule has 1 N–H and O–H groups in total. The quantitative estimate of drug-likeness (QED) is 0.673. The van der Waals surface area contributed by atoms with Crippen molar-refractivity contribution in [2.75, 3.05) is 50.8 Å². The Morgan fingerprint density at radius 1 is 1.24 bits per heavy atom. The average Bonchev–Trinajstić information content (AvgIpc) is 2.66. The molecule has 1 aromatic rings. The van der Waals surface area contributed by atoms with Crippen LogP contribution in [0.25, 0.3) is 0 Å². The summed E-state index contributed by atoms with van der Waals surface area (Å²) in [5, 5.41) is 3.48. The zero-order valence-electron chi connectivity index (χ0n) is 15.7. The molecule has 0 amide bonds. The van der Waals surface area contributed by atoms with Crippen LogP contribution in [0.4, 0.5) is 5.69 Å². The molecule has 0 aliphatic carbocycles. The van der Waals surface area contributed by atoms with Crippen LogP contribution in [0.15, 0.2) is 29.3 Å². The third-order valence-corrected chi connectivity index (χ3v) is 5.03. The van der Waals surface area contributed by atoms with Gasteiger partial charge in [0, 0.05) is 38.4 Å². The number of benzene rings is 1. The van der Waals surface area contributed by atoms with Gasteiger partial charge in [-0.15, -0.1) is 0 Å². The lowest BCUT2D eigenvalue weighted by atomic mass is 10.0. The van der Waals surface area contributed by atoms with Crippen molar-refractivity contribution in [2.24, 2.45) is 10.9 Å². The number of para-hydroxylation sites is 1. The van der Waals surface area contributed by atoms with Crippen LogP contribution in [0, 0.1) is 5.92 Å². The molecule has 1 atom stereocenters. The predicted octanol–water partition coefficient (Wildman–Crippen LogP) is 2.72. The second kappa shape index (κ2) is 9.09. The summed E-state index contributed by atoms with van der Waals surface area (Å²) in [6.45, 7) is 11.9. The first kappa shape index (κ1) is 18.1. The Kier molecular flexibility index (Phi) is 6.56. The molecule has 2 heterocycles. The normalized spacial score (nSPS) is 22.2. The molecule has 2 fully saturated rings. The average molecular weight is 345 g/mol. The number of nitrogens with one attached hydrogen (secondary N) is 1. The van der Waals surface area contributed by atoms with Gasteiger partial charge in [0.1, 0.15) is 0 Å². The van der Waals surface area contributed by atoms with Crippen molar-refractivity contribution >= 4 is 11.6 Å². The Bertz CT molecular complexity index is 569. The first-order valence-corrected chi connectivity index (χ1v) is 9.71. The summed E-state index contributed by atoms with van der Waals surface area (Å²) >= 11 is 0. The fourth-order valence-corrected chi connectivity index (χ4v) is 3.72. The minimum absolute atomic E-state index is 0.723. The van der Waals surface area contributed by atoms with Gasteiger partial charge < -0.3 is 19.9 Å². The zero-order chi connectivity index (χ0) is 17.5. The fourth-order valence-electron chi connectivity index (χ4n) is 3.72. The Labute approximate surface area is 152 Å². The molecule has 1 unspecified atom stereocenters. The standard InChI is InChI=1S/C20H32N4O/c1-3-21-20(24-10-6-7-17(2)16-24)22-15-18-8-4-5-9-19(18)23-11-13-25-14-12-23/h4-5,8-9,17H,3,6-7,10-16H2,1-2H3,(H,21,22). The lowest BCUT2D eigenvalue weighted by Crippen LogP contribution is -2.46. The van der Waals surface area contributed by atoms with Crippen molar-refractivity contribution in [3.63, 3.8) is 0 Å². The number of likely N-dealkylation sites (tertiary alicyclic amines) is 1. The van der Waals surface area contributed by atoms with E-state index >= 15 is 0 Å². The van der Waals surface area contributed by atoms with Crippen LogP contribution < -0.4 is 10.2 Å². The largest absolute Gasteiger partial charge is 0.378 e. The number of hydrogen-bond acceptors (Lipinski definition) is 3. The van der Waals surface area contributed by atoms with Gasteiger partial charge in [-0.05, 0) is 37.3 Å². The summed E-state index contributed by atoms with van der Waals surface area (Å²) in [5.41, 5.74) is 2.60. The highest BCUT2D eigenvalue weighted by molar-refractivity contribution is 5.80. The molecule has 1 aromatic carbocycles. The van der Waals surface area contributed by atoms with Crippen molar-refractivity contribution in [3.05, 3.63) is 29.8 Å². The van der Waals surface area contributed by atoms with Gasteiger partial charge >= 0.3 is 0 Å². The van der Waals surface area contributed by atoms with Crippen LogP contribution in [-0.2, 0) is 11.3 Å². The van der Waals surface area contributed by atoms with Crippen LogP contribution in [0.5, 0.6) is 0 Å². The summed E-state index contributed by atoms with van der Waals surface area (Å²) in [4.78, 5) is 9.82. The molecule has 3 rings (SSSR count). The topological polar surface area (TPSA) is 40.1 Å². The molecule has 25 heavy (non-hydrogen) atoms. The van der Waals surface area contributed by atoms with Crippen molar-refractivity contribution in [3.8, 4) is 0 Å². The van der Waals surface area contributed by atoms with E-state index in [1.807, 2.05) is 0 Å². The number of piperidine rings is 1. The Morgan fingerprint density at radius 2 is 2.04 bits per heavy atom. The van der Waals surface area contributed by atoms with E-state index in [4.69, 9.17) is 9.73 Å². The first-order valence-electron chi connectivity index (χ1n) is 9.71. The number of anilines is 1. The van der Waals surface area contributed by atoms with Crippen molar-refractivity contribution in [2.45, 2.75) is 33.2 Å². The van der Waals surface area contributed by atoms with Gasteiger partial charge in [-0.2, -0.15) is 0 Å².